The van der Waals surface area contributed by atoms with Gasteiger partial charge in [-0.2, -0.15) is 0 Å². The summed E-state index contributed by atoms with van der Waals surface area (Å²) in [6, 6.07) is 11.3. The van der Waals surface area contributed by atoms with Crippen molar-refractivity contribution in [2.24, 2.45) is 0 Å². The van der Waals surface area contributed by atoms with Crippen LogP contribution in [-0.2, 0) is 12.8 Å². The summed E-state index contributed by atoms with van der Waals surface area (Å²) in [6.45, 7) is 4.56. The highest BCUT2D eigenvalue weighted by Crippen LogP contribution is 2.44. The van der Waals surface area contributed by atoms with E-state index in [1.54, 1.807) is 22.0 Å². The van der Waals surface area contributed by atoms with Gasteiger partial charge in [-0.25, -0.2) is 0 Å². The lowest BCUT2D eigenvalue weighted by Gasteiger charge is -2.08. The Morgan fingerprint density at radius 2 is 1.95 bits per heavy atom. The second-order valence-electron chi connectivity index (χ2n) is 5.27. The molecule has 0 saturated heterocycles. The molecule has 0 fully saturated rings. The van der Waals surface area contributed by atoms with Crippen LogP contribution in [0.5, 0.6) is 0 Å². The van der Waals surface area contributed by atoms with Crippen molar-refractivity contribution < 1.29 is 0 Å². The van der Waals surface area contributed by atoms with Gasteiger partial charge in [0.25, 0.3) is 0 Å². The first-order valence-electron chi connectivity index (χ1n) is 7.32. The highest BCUT2D eigenvalue weighted by molar-refractivity contribution is 7.31. The number of hydrogen-bond donors (Lipinski definition) is 0. The maximum Gasteiger partial charge on any atom is -0.000754 e. The van der Waals surface area contributed by atoms with Crippen LogP contribution in [0.3, 0.4) is 0 Å². The van der Waals surface area contributed by atoms with Crippen LogP contribution in [0.15, 0.2) is 36.1 Å². The molecule has 1 atom stereocenters. The lowest BCUT2D eigenvalue weighted by atomic mass is 9.99. The summed E-state index contributed by atoms with van der Waals surface area (Å²) in [5.74, 6) is 2.35. The van der Waals surface area contributed by atoms with Crippen molar-refractivity contribution in [2.45, 2.75) is 39.5 Å². The summed E-state index contributed by atoms with van der Waals surface area (Å²) in [4.78, 5) is 0. The summed E-state index contributed by atoms with van der Waals surface area (Å²) in [5.41, 5.74) is 7.87. The normalized spacial score (nSPS) is 14.4. The lowest BCUT2D eigenvalue weighted by Crippen LogP contribution is -1.88. The second-order valence-corrected chi connectivity index (χ2v) is 6.39. The molecular formula is C18H21P. The molecule has 1 aromatic heterocycles. The van der Waals surface area contributed by atoms with Crippen molar-refractivity contribution in [3.8, 4) is 0 Å². The van der Waals surface area contributed by atoms with E-state index in [-0.39, 0.29) is 0 Å². The van der Waals surface area contributed by atoms with Crippen LogP contribution >= 0.6 is 8.19 Å². The lowest BCUT2D eigenvalue weighted by molar-refractivity contribution is 0.976. The van der Waals surface area contributed by atoms with Crippen LogP contribution in [-0.4, -0.2) is 0 Å². The van der Waals surface area contributed by atoms with E-state index in [4.69, 9.17) is 0 Å². The molecule has 0 amide bonds. The fourth-order valence-corrected chi connectivity index (χ4v) is 4.49. The molecule has 1 aliphatic carbocycles. The summed E-state index contributed by atoms with van der Waals surface area (Å²) >= 11 is 0. The summed E-state index contributed by atoms with van der Waals surface area (Å²) in [7, 11) is 0.880. The molecule has 1 unspecified atom stereocenters. The predicted octanol–water partition coefficient (Wildman–Crippen LogP) is 5.55. The minimum absolute atomic E-state index is 0.880. The molecule has 1 aromatic carbocycles. The van der Waals surface area contributed by atoms with Gasteiger partial charge in [0.05, 0.1) is 0 Å². The highest BCUT2D eigenvalue weighted by Gasteiger charge is 2.22. The molecule has 0 N–H and O–H groups in total. The average Bonchev–Trinajstić information content (AvgIpc) is 3.03. The van der Waals surface area contributed by atoms with Crippen LogP contribution in [0.25, 0.3) is 11.1 Å². The van der Waals surface area contributed by atoms with Gasteiger partial charge in [0.2, 0.25) is 0 Å². The molecule has 98 valence electrons. The topological polar surface area (TPSA) is 0 Å². The van der Waals surface area contributed by atoms with E-state index in [0.29, 0.717) is 0 Å². The molecule has 3 rings (SSSR count). The molecular weight excluding hydrogens is 247 g/mol. The van der Waals surface area contributed by atoms with Crippen LogP contribution in [0, 0.1) is 0 Å². The van der Waals surface area contributed by atoms with Gasteiger partial charge >= 0.3 is 0 Å². The van der Waals surface area contributed by atoms with Crippen molar-refractivity contribution in [2.75, 3.05) is 0 Å². The first kappa shape index (κ1) is 12.8. The zero-order valence-electron chi connectivity index (χ0n) is 11.8. The van der Waals surface area contributed by atoms with Crippen molar-refractivity contribution in [1.82, 2.24) is 0 Å². The third kappa shape index (κ3) is 2.19. The number of allylic oxidation sites excluding steroid dienone is 2. The van der Waals surface area contributed by atoms with Gasteiger partial charge in [-0.1, -0.05) is 50.6 Å². The van der Waals surface area contributed by atoms with E-state index in [1.807, 2.05) is 0 Å². The molecule has 0 radical (unpaired) electrons. The fourth-order valence-electron chi connectivity index (χ4n) is 3.18. The van der Waals surface area contributed by atoms with Gasteiger partial charge in [-0.15, -0.1) is 8.19 Å². The molecule has 0 aliphatic heterocycles. The van der Waals surface area contributed by atoms with Crippen LogP contribution in [0.1, 0.15) is 48.7 Å². The minimum atomic E-state index is 0.880. The summed E-state index contributed by atoms with van der Waals surface area (Å²) in [6.07, 6.45) is 4.77. The Balaban J connectivity index is 2.12. The maximum absolute atomic E-state index is 2.35. The molecule has 0 bridgehead atoms. The molecule has 19 heavy (non-hydrogen) atoms. The van der Waals surface area contributed by atoms with Crippen molar-refractivity contribution in [3.63, 3.8) is 0 Å². The van der Waals surface area contributed by atoms with Gasteiger partial charge in [0, 0.05) is 0 Å². The molecule has 0 nitrogen and oxygen atoms in total. The van der Waals surface area contributed by atoms with E-state index in [9.17, 15) is 0 Å². The monoisotopic (exact) mass is 268 g/mol. The van der Waals surface area contributed by atoms with Gasteiger partial charge in [0.1, 0.15) is 0 Å². The van der Waals surface area contributed by atoms with Crippen molar-refractivity contribution in [3.05, 3.63) is 58.1 Å². The Bertz CT molecular complexity index is 616. The van der Waals surface area contributed by atoms with Gasteiger partial charge in [-0.3, -0.25) is 0 Å². The Hall–Kier alpha value is -1.26. The third-order valence-corrected chi connectivity index (χ3v) is 5.33. The van der Waals surface area contributed by atoms with E-state index in [0.717, 1.165) is 21.0 Å². The maximum atomic E-state index is 2.35. The van der Waals surface area contributed by atoms with E-state index in [1.165, 1.54) is 24.0 Å². The molecule has 2 aromatic rings. The Morgan fingerprint density at radius 3 is 2.74 bits per heavy atom. The standard InChI is InChI=1S/C18H21P/c1-3-7-16-15-9-6-5-8-14(15)12-17(16)18-13(4-2)10-11-19-18/h5-6,8-11,19H,3-4,7,12H2,1-2H3. The first-order valence-corrected chi connectivity index (χ1v) is 8.39. The van der Waals surface area contributed by atoms with E-state index < -0.39 is 0 Å². The first-order chi connectivity index (χ1) is 9.35. The minimum Gasteiger partial charge on any atom is -0.132 e. The average molecular weight is 268 g/mol. The van der Waals surface area contributed by atoms with Crippen LogP contribution in [0.2, 0.25) is 0 Å². The summed E-state index contributed by atoms with van der Waals surface area (Å²) in [5, 5.41) is 1.64. The second kappa shape index (κ2) is 5.39. The van der Waals surface area contributed by atoms with Gasteiger partial charge in [-0.05, 0) is 58.2 Å². The Kier molecular flexibility index (Phi) is 3.62. The quantitative estimate of drug-likeness (QED) is 0.682. The number of fused-ring (bicyclic) bond motifs is 1. The molecule has 0 spiro atoms. The zero-order valence-corrected chi connectivity index (χ0v) is 12.8. The van der Waals surface area contributed by atoms with Crippen LogP contribution in [0.4, 0.5) is 0 Å². The Morgan fingerprint density at radius 1 is 1.11 bits per heavy atom. The highest BCUT2D eigenvalue weighted by atomic mass is 31.0. The third-order valence-electron chi connectivity index (χ3n) is 4.09. The van der Waals surface area contributed by atoms with E-state index in [2.05, 4.69) is 50.0 Å². The number of hydrogen-bond acceptors (Lipinski definition) is 0. The summed E-state index contributed by atoms with van der Waals surface area (Å²) < 4.78 is 0. The van der Waals surface area contributed by atoms with Gasteiger partial charge in [0.15, 0.2) is 0 Å². The predicted molar refractivity (Wildman–Crippen MR) is 87.2 cm³/mol. The van der Waals surface area contributed by atoms with Crippen molar-refractivity contribution >= 4 is 19.3 Å². The number of rotatable bonds is 4. The van der Waals surface area contributed by atoms with Gasteiger partial charge < -0.3 is 0 Å². The number of benzene rings is 1. The SMILES string of the molecule is CCCC1=C(c2[pH]ccc2CC)Cc2ccccc21. The molecule has 1 heteroatoms. The fraction of sp³-hybridized carbons (Fsp3) is 0.333. The number of aryl methyl sites for hydroxylation is 1. The van der Waals surface area contributed by atoms with E-state index >= 15 is 0 Å². The Labute approximate surface area is 117 Å². The smallest absolute Gasteiger partial charge is 0.000754 e. The van der Waals surface area contributed by atoms with Crippen molar-refractivity contribution in [1.29, 1.82) is 0 Å². The molecule has 1 aliphatic rings. The largest absolute Gasteiger partial charge is 0.132 e. The zero-order chi connectivity index (χ0) is 13.2. The van der Waals surface area contributed by atoms with Crippen LogP contribution < -0.4 is 0 Å². The molecule has 1 heterocycles. The molecule has 0 saturated carbocycles.